The van der Waals surface area contributed by atoms with E-state index in [2.05, 4.69) is 12.2 Å². The third kappa shape index (κ3) is 2.71. The minimum Gasteiger partial charge on any atom is -0.393 e. The molecule has 0 aliphatic heterocycles. The highest BCUT2D eigenvalue weighted by atomic mass is 16.3. The molecule has 0 aromatic carbocycles. The lowest BCUT2D eigenvalue weighted by molar-refractivity contribution is 0.0621. The molecular weight excluding hydrogens is 174 g/mol. The van der Waals surface area contributed by atoms with Gasteiger partial charge in [0.1, 0.15) is 0 Å². The maximum Gasteiger partial charge on any atom is 0.0570 e. The van der Waals surface area contributed by atoms with E-state index in [4.69, 9.17) is 5.11 Å². The van der Waals surface area contributed by atoms with E-state index in [0.717, 1.165) is 31.2 Å². The predicted molar refractivity (Wildman–Crippen MR) is 58.2 cm³/mol. The Hall–Kier alpha value is -0.0800. The van der Waals surface area contributed by atoms with Crippen LogP contribution in [-0.2, 0) is 0 Å². The molecule has 14 heavy (non-hydrogen) atoms. The molecule has 2 saturated carbocycles. The quantitative estimate of drug-likeness (QED) is 0.660. The van der Waals surface area contributed by atoms with Crippen molar-refractivity contribution in [1.82, 2.24) is 5.32 Å². The Morgan fingerprint density at radius 3 is 2.50 bits per heavy atom. The first kappa shape index (κ1) is 10.4. The number of rotatable bonds is 5. The molecule has 0 saturated heterocycles. The molecule has 0 aromatic rings. The first-order valence-electron chi connectivity index (χ1n) is 6.15. The third-order valence-corrected chi connectivity index (χ3v) is 3.81. The van der Waals surface area contributed by atoms with Crippen molar-refractivity contribution in [3.63, 3.8) is 0 Å². The van der Waals surface area contributed by atoms with E-state index < -0.39 is 0 Å². The molecule has 2 aliphatic carbocycles. The summed E-state index contributed by atoms with van der Waals surface area (Å²) in [6.45, 7) is 3.51. The number of aliphatic hydroxyl groups is 1. The van der Waals surface area contributed by atoms with E-state index in [1.54, 1.807) is 0 Å². The fourth-order valence-corrected chi connectivity index (χ4v) is 2.76. The third-order valence-electron chi connectivity index (χ3n) is 3.81. The van der Waals surface area contributed by atoms with Crippen LogP contribution >= 0.6 is 0 Å². The Bertz CT molecular complexity index is 151. The van der Waals surface area contributed by atoms with Crippen LogP contribution in [0.4, 0.5) is 0 Å². The molecule has 2 heteroatoms. The standard InChI is InChI=1S/C12H23NO/c1-9-5-10(6-9)3-2-4-13-11-7-12(14)8-11/h9-14H,2-8H2,1H3. The molecule has 0 radical (unpaired) electrons. The van der Waals surface area contributed by atoms with Crippen molar-refractivity contribution in [1.29, 1.82) is 0 Å². The summed E-state index contributed by atoms with van der Waals surface area (Å²) >= 11 is 0. The van der Waals surface area contributed by atoms with Crippen LogP contribution in [0.25, 0.3) is 0 Å². The van der Waals surface area contributed by atoms with Gasteiger partial charge in [0.05, 0.1) is 6.10 Å². The van der Waals surface area contributed by atoms with Crippen molar-refractivity contribution in [3.8, 4) is 0 Å². The zero-order chi connectivity index (χ0) is 9.97. The van der Waals surface area contributed by atoms with Gasteiger partial charge in [-0.05, 0) is 56.9 Å². The Morgan fingerprint density at radius 1 is 1.21 bits per heavy atom. The number of hydrogen-bond donors (Lipinski definition) is 2. The van der Waals surface area contributed by atoms with E-state index in [1.165, 1.54) is 25.7 Å². The zero-order valence-corrected chi connectivity index (χ0v) is 9.21. The van der Waals surface area contributed by atoms with E-state index in [9.17, 15) is 0 Å². The Morgan fingerprint density at radius 2 is 1.93 bits per heavy atom. The monoisotopic (exact) mass is 197 g/mol. The summed E-state index contributed by atoms with van der Waals surface area (Å²) in [6.07, 6.45) is 7.59. The van der Waals surface area contributed by atoms with Crippen LogP contribution < -0.4 is 5.32 Å². The molecule has 0 spiro atoms. The van der Waals surface area contributed by atoms with Gasteiger partial charge < -0.3 is 10.4 Å². The summed E-state index contributed by atoms with van der Waals surface area (Å²) < 4.78 is 0. The Kier molecular flexibility index (Phi) is 3.45. The second-order valence-electron chi connectivity index (χ2n) is 5.36. The number of nitrogens with one attached hydrogen (secondary N) is 1. The van der Waals surface area contributed by atoms with Crippen LogP contribution in [0.2, 0.25) is 0 Å². The molecule has 2 N–H and O–H groups in total. The summed E-state index contributed by atoms with van der Waals surface area (Å²) in [5.41, 5.74) is 0. The molecule has 0 bridgehead atoms. The summed E-state index contributed by atoms with van der Waals surface area (Å²) in [5.74, 6) is 2.02. The van der Waals surface area contributed by atoms with Crippen molar-refractivity contribution >= 4 is 0 Å². The van der Waals surface area contributed by atoms with Crippen molar-refractivity contribution < 1.29 is 5.11 Å². The SMILES string of the molecule is CC1CC(CCCNC2CC(O)C2)C1. The molecule has 0 heterocycles. The van der Waals surface area contributed by atoms with Crippen LogP contribution in [0.1, 0.15) is 45.4 Å². The van der Waals surface area contributed by atoms with Crippen LogP contribution in [0.5, 0.6) is 0 Å². The van der Waals surface area contributed by atoms with Gasteiger partial charge in [0, 0.05) is 6.04 Å². The van der Waals surface area contributed by atoms with Gasteiger partial charge in [-0.25, -0.2) is 0 Å². The minimum absolute atomic E-state index is 0.0139. The molecular formula is C12H23NO. The minimum atomic E-state index is -0.0139. The fourth-order valence-electron chi connectivity index (χ4n) is 2.76. The van der Waals surface area contributed by atoms with E-state index >= 15 is 0 Å². The lowest BCUT2D eigenvalue weighted by Gasteiger charge is -2.34. The molecule has 2 aliphatic rings. The average molecular weight is 197 g/mol. The van der Waals surface area contributed by atoms with Crippen LogP contribution in [0.15, 0.2) is 0 Å². The first-order valence-corrected chi connectivity index (χ1v) is 6.15. The van der Waals surface area contributed by atoms with Crippen LogP contribution in [0, 0.1) is 11.8 Å². The smallest absolute Gasteiger partial charge is 0.0570 e. The Balaban J connectivity index is 1.40. The van der Waals surface area contributed by atoms with Gasteiger partial charge in [-0.2, -0.15) is 0 Å². The van der Waals surface area contributed by atoms with E-state index in [-0.39, 0.29) is 6.10 Å². The van der Waals surface area contributed by atoms with Gasteiger partial charge in [-0.3, -0.25) is 0 Å². The highest BCUT2D eigenvalue weighted by molar-refractivity contribution is 4.84. The van der Waals surface area contributed by atoms with Gasteiger partial charge in [-0.1, -0.05) is 6.92 Å². The number of hydrogen-bond acceptors (Lipinski definition) is 2. The lowest BCUT2D eigenvalue weighted by atomic mass is 9.74. The van der Waals surface area contributed by atoms with Crippen molar-refractivity contribution in [2.45, 2.75) is 57.6 Å². The van der Waals surface area contributed by atoms with Gasteiger partial charge in [0.2, 0.25) is 0 Å². The largest absolute Gasteiger partial charge is 0.393 e. The van der Waals surface area contributed by atoms with Crippen molar-refractivity contribution in [2.75, 3.05) is 6.54 Å². The van der Waals surface area contributed by atoms with Gasteiger partial charge in [0.25, 0.3) is 0 Å². The first-order chi connectivity index (χ1) is 6.74. The topological polar surface area (TPSA) is 32.3 Å². The molecule has 2 rings (SSSR count). The van der Waals surface area contributed by atoms with Crippen LogP contribution in [-0.4, -0.2) is 23.8 Å². The Labute approximate surface area is 87.1 Å². The van der Waals surface area contributed by atoms with Gasteiger partial charge >= 0.3 is 0 Å². The summed E-state index contributed by atoms with van der Waals surface area (Å²) in [7, 11) is 0. The maximum absolute atomic E-state index is 9.10. The molecule has 2 fully saturated rings. The summed E-state index contributed by atoms with van der Waals surface area (Å²) in [4.78, 5) is 0. The molecule has 0 aromatic heterocycles. The highest BCUT2D eigenvalue weighted by Gasteiger charge is 2.27. The molecule has 2 nitrogen and oxygen atoms in total. The van der Waals surface area contributed by atoms with Crippen LogP contribution in [0.3, 0.4) is 0 Å². The summed E-state index contributed by atoms with van der Waals surface area (Å²) in [6, 6.07) is 0.616. The van der Waals surface area contributed by atoms with E-state index in [1.807, 2.05) is 0 Å². The molecule has 0 atom stereocenters. The van der Waals surface area contributed by atoms with Gasteiger partial charge in [-0.15, -0.1) is 0 Å². The fraction of sp³-hybridized carbons (Fsp3) is 1.00. The van der Waals surface area contributed by atoms with E-state index in [0.29, 0.717) is 6.04 Å². The molecule has 0 unspecified atom stereocenters. The molecule has 0 amide bonds. The highest BCUT2D eigenvalue weighted by Crippen LogP contribution is 2.36. The summed E-state index contributed by atoms with van der Waals surface area (Å²) in [5, 5.41) is 12.6. The van der Waals surface area contributed by atoms with Gasteiger partial charge in [0.15, 0.2) is 0 Å². The number of aliphatic hydroxyl groups excluding tert-OH is 1. The second kappa shape index (κ2) is 4.63. The maximum atomic E-state index is 9.10. The van der Waals surface area contributed by atoms with Crippen molar-refractivity contribution in [3.05, 3.63) is 0 Å². The lowest BCUT2D eigenvalue weighted by Crippen LogP contribution is -2.44. The molecule has 82 valence electrons. The second-order valence-corrected chi connectivity index (χ2v) is 5.36. The zero-order valence-electron chi connectivity index (χ0n) is 9.21. The predicted octanol–water partition coefficient (Wildman–Crippen LogP) is 1.93. The van der Waals surface area contributed by atoms with Crippen molar-refractivity contribution in [2.24, 2.45) is 11.8 Å². The average Bonchev–Trinajstić information content (AvgIpc) is 2.05. The normalized spacial score (nSPS) is 41.6.